The van der Waals surface area contributed by atoms with E-state index in [4.69, 9.17) is 10.7 Å². The molecule has 1 aromatic rings. The fourth-order valence-corrected chi connectivity index (χ4v) is 4.32. The number of benzene rings is 1. The van der Waals surface area contributed by atoms with Crippen molar-refractivity contribution in [2.75, 3.05) is 44.6 Å². The Bertz CT molecular complexity index is 780. The number of carbonyl (C=O) groups is 2. The van der Waals surface area contributed by atoms with E-state index >= 15 is 0 Å². The van der Waals surface area contributed by atoms with Crippen molar-refractivity contribution in [2.45, 2.75) is 44.9 Å². The highest BCUT2D eigenvalue weighted by Gasteiger charge is 2.25. The molecule has 3 rings (SSSR count). The molecule has 0 spiro atoms. The number of halogens is 1. The van der Waals surface area contributed by atoms with Crippen LogP contribution < -0.4 is 21.7 Å². The number of aliphatic imine (C=N–C) groups is 1. The zero-order chi connectivity index (χ0) is 22.1. The summed E-state index contributed by atoms with van der Waals surface area (Å²) in [5.74, 6) is 0.851. The summed E-state index contributed by atoms with van der Waals surface area (Å²) in [7, 11) is 0. The van der Waals surface area contributed by atoms with Gasteiger partial charge in [0.2, 0.25) is 11.8 Å². The number of fused-ring (bicyclic) bond motifs is 1. The predicted molar refractivity (Wildman–Crippen MR) is 139 cm³/mol. The molecule has 2 aliphatic heterocycles. The molecule has 0 aliphatic carbocycles. The first kappa shape index (κ1) is 26.4. The van der Waals surface area contributed by atoms with Crippen molar-refractivity contribution in [3.05, 3.63) is 29.8 Å². The zero-order valence-corrected chi connectivity index (χ0v) is 21.3. The van der Waals surface area contributed by atoms with Crippen molar-refractivity contribution in [1.82, 2.24) is 15.5 Å². The van der Waals surface area contributed by atoms with Crippen LogP contribution in [0.15, 0.2) is 29.3 Å². The Kier molecular flexibility index (Phi) is 11.2. The number of amides is 2. The van der Waals surface area contributed by atoms with E-state index in [-0.39, 0.29) is 47.6 Å². The van der Waals surface area contributed by atoms with Gasteiger partial charge in [0.05, 0.1) is 6.54 Å². The van der Waals surface area contributed by atoms with Gasteiger partial charge in [-0.15, -0.1) is 24.0 Å². The molecule has 1 unspecified atom stereocenters. The number of para-hydroxylation sites is 1. The first-order valence-electron chi connectivity index (χ1n) is 11.5. The number of hydrogen-bond acceptors (Lipinski definition) is 4. The molecule has 1 saturated heterocycles. The number of guanidine groups is 1. The normalized spacial score (nSPS) is 19.5. The lowest BCUT2D eigenvalue weighted by Gasteiger charge is -2.30. The van der Waals surface area contributed by atoms with Gasteiger partial charge < -0.3 is 26.6 Å². The minimum Gasteiger partial charge on any atom is -0.369 e. The van der Waals surface area contributed by atoms with Gasteiger partial charge in [0.25, 0.3) is 0 Å². The van der Waals surface area contributed by atoms with Gasteiger partial charge >= 0.3 is 0 Å². The number of likely N-dealkylation sites (tertiary alicyclic amines) is 1. The molecule has 2 heterocycles. The molecule has 2 amide bonds. The van der Waals surface area contributed by atoms with Crippen molar-refractivity contribution in [2.24, 2.45) is 16.6 Å². The highest BCUT2D eigenvalue weighted by molar-refractivity contribution is 14.0. The predicted octanol–water partition coefficient (Wildman–Crippen LogP) is 2.26. The molecular weight excluding hydrogens is 519 g/mol. The maximum absolute atomic E-state index is 12.0. The minimum atomic E-state index is -0.156. The third-order valence-corrected chi connectivity index (χ3v) is 6.10. The number of unbranched alkanes of at least 4 members (excludes halogenated alkanes) is 1. The lowest BCUT2D eigenvalue weighted by Crippen LogP contribution is -2.40. The number of primary amides is 1. The van der Waals surface area contributed by atoms with Gasteiger partial charge in [-0.25, -0.2) is 0 Å². The molecule has 0 radical (unpaired) electrons. The summed E-state index contributed by atoms with van der Waals surface area (Å²) in [6.07, 6.45) is 4.38. The Hall–Kier alpha value is -1.88. The quantitative estimate of drug-likeness (QED) is 0.162. The van der Waals surface area contributed by atoms with E-state index in [9.17, 15) is 9.59 Å². The first-order valence-corrected chi connectivity index (χ1v) is 11.5. The Morgan fingerprint density at radius 3 is 2.69 bits per heavy atom. The molecule has 0 bridgehead atoms. The van der Waals surface area contributed by atoms with Crippen LogP contribution in [0.5, 0.6) is 0 Å². The van der Waals surface area contributed by atoms with Gasteiger partial charge in [0, 0.05) is 37.0 Å². The fraction of sp³-hybridized carbons (Fsp3) is 0.609. The van der Waals surface area contributed by atoms with Gasteiger partial charge in [-0.05, 0) is 63.9 Å². The van der Waals surface area contributed by atoms with Crippen LogP contribution in [0.3, 0.4) is 0 Å². The molecule has 5 N–H and O–H groups in total. The van der Waals surface area contributed by atoms with Crippen molar-refractivity contribution < 1.29 is 9.59 Å². The van der Waals surface area contributed by atoms with Crippen molar-refractivity contribution in [1.29, 1.82) is 0 Å². The molecule has 1 aromatic carbocycles. The summed E-state index contributed by atoms with van der Waals surface area (Å²) in [6.45, 7) is 7.25. The third-order valence-electron chi connectivity index (χ3n) is 6.10. The van der Waals surface area contributed by atoms with E-state index in [1.807, 2.05) is 18.2 Å². The van der Waals surface area contributed by atoms with E-state index < -0.39 is 0 Å². The summed E-state index contributed by atoms with van der Waals surface area (Å²) in [6, 6.07) is 7.97. The number of hydrogen-bond donors (Lipinski definition) is 4. The van der Waals surface area contributed by atoms with Gasteiger partial charge in [0.15, 0.2) is 5.96 Å². The number of piperidine rings is 1. The van der Waals surface area contributed by atoms with Crippen LogP contribution in [0, 0.1) is 5.92 Å². The fourth-order valence-electron chi connectivity index (χ4n) is 4.32. The number of nitrogens with two attached hydrogens (primary N) is 1. The highest BCUT2D eigenvalue weighted by Crippen LogP contribution is 2.31. The lowest BCUT2D eigenvalue weighted by atomic mass is 9.91. The van der Waals surface area contributed by atoms with Crippen LogP contribution >= 0.6 is 24.0 Å². The molecule has 32 heavy (non-hydrogen) atoms. The number of nitrogens with one attached hydrogen (secondary N) is 3. The van der Waals surface area contributed by atoms with E-state index in [2.05, 4.69) is 33.8 Å². The molecule has 1 fully saturated rings. The number of carbonyl (C=O) groups excluding carboxylic acids is 2. The molecule has 8 nitrogen and oxygen atoms in total. The van der Waals surface area contributed by atoms with Gasteiger partial charge in [0.1, 0.15) is 0 Å². The Morgan fingerprint density at radius 1 is 1.22 bits per heavy atom. The van der Waals surface area contributed by atoms with Gasteiger partial charge in [-0.2, -0.15) is 0 Å². The molecule has 1 atom stereocenters. The molecule has 178 valence electrons. The molecule has 0 aromatic heterocycles. The average Bonchev–Trinajstić information content (AvgIpc) is 2.77. The van der Waals surface area contributed by atoms with Crippen LogP contribution in [-0.4, -0.2) is 61.9 Å². The smallest absolute Gasteiger partial charge is 0.225 e. The summed E-state index contributed by atoms with van der Waals surface area (Å²) in [4.78, 5) is 30.4. The number of anilines is 1. The zero-order valence-electron chi connectivity index (χ0n) is 18.9. The molecule has 9 heteroatoms. The largest absolute Gasteiger partial charge is 0.369 e. The Morgan fingerprint density at radius 2 is 1.97 bits per heavy atom. The second kappa shape index (κ2) is 13.6. The van der Waals surface area contributed by atoms with E-state index in [0.29, 0.717) is 13.0 Å². The van der Waals surface area contributed by atoms with Gasteiger partial charge in [-0.1, -0.05) is 18.2 Å². The number of nitrogens with zero attached hydrogens (tertiary/aromatic N) is 2. The SMILES string of the molecule is CCNC(=NCC1CC(=O)Nc2ccccc21)NCCCCN1CCC(C(N)=O)CC1.I. The Balaban J connectivity index is 0.00000363. The maximum atomic E-state index is 12.0. The van der Waals surface area contributed by atoms with Gasteiger partial charge in [-0.3, -0.25) is 14.6 Å². The van der Waals surface area contributed by atoms with Crippen molar-refractivity contribution in [3.8, 4) is 0 Å². The van der Waals surface area contributed by atoms with E-state index in [1.165, 1.54) is 0 Å². The second-order valence-electron chi connectivity index (χ2n) is 8.41. The van der Waals surface area contributed by atoms with Crippen LogP contribution in [0.2, 0.25) is 0 Å². The first-order chi connectivity index (χ1) is 15.1. The number of rotatable bonds is 9. The molecule has 0 saturated carbocycles. The summed E-state index contributed by atoms with van der Waals surface area (Å²) in [5.41, 5.74) is 7.46. The summed E-state index contributed by atoms with van der Waals surface area (Å²) < 4.78 is 0. The standard InChI is InChI=1S/C23H36N6O2.HI/c1-2-25-23(26-11-5-6-12-29-13-9-17(10-14-29)22(24)31)27-16-18-15-21(30)28-20-8-4-3-7-19(18)20;/h3-4,7-8,17-18H,2,5-6,9-16H2,1H3,(H2,24,31)(H,28,30)(H2,25,26,27);1H. The minimum absolute atomic E-state index is 0. The summed E-state index contributed by atoms with van der Waals surface area (Å²) >= 11 is 0. The monoisotopic (exact) mass is 556 g/mol. The van der Waals surface area contributed by atoms with Crippen molar-refractivity contribution >= 4 is 47.4 Å². The van der Waals surface area contributed by atoms with E-state index in [0.717, 1.165) is 75.6 Å². The third kappa shape index (κ3) is 7.91. The van der Waals surface area contributed by atoms with Crippen LogP contribution in [0.25, 0.3) is 0 Å². The maximum Gasteiger partial charge on any atom is 0.225 e. The van der Waals surface area contributed by atoms with Crippen LogP contribution in [0.4, 0.5) is 5.69 Å². The summed E-state index contributed by atoms with van der Waals surface area (Å²) in [5, 5.41) is 9.65. The highest BCUT2D eigenvalue weighted by atomic mass is 127. The molecular formula is C23H37IN6O2. The van der Waals surface area contributed by atoms with Crippen LogP contribution in [0.1, 0.15) is 50.5 Å². The van der Waals surface area contributed by atoms with Crippen LogP contribution in [-0.2, 0) is 9.59 Å². The van der Waals surface area contributed by atoms with E-state index in [1.54, 1.807) is 0 Å². The van der Waals surface area contributed by atoms with Crippen molar-refractivity contribution in [3.63, 3.8) is 0 Å². The second-order valence-corrected chi connectivity index (χ2v) is 8.41. The lowest BCUT2D eigenvalue weighted by molar-refractivity contribution is -0.123. The topological polar surface area (TPSA) is 112 Å². The average molecular weight is 556 g/mol. The Labute approximate surface area is 208 Å². The molecule has 2 aliphatic rings.